The summed E-state index contributed by atoms with van der Waals surface area (Å²) in [5.41, 5.74) is 1.23. The van der Waals surface area contributed by atoms with E-state index in [0.717, 1.165) is 19.5 Å². The molecule has 0 aromatic carbocycles. The zero-order valence-corrected chi connectivity index (χ0v) is 10.3. The number of hydrogen-bond acceptors (Lipinski definition) is 2. The lowest BCUT2D eigenvalue weighted by molar-refractivity contribution is 0.399. The largest absolute Gasteiger partial charge is 0.314 e. The summed E-state index contributed by atoms with van der Waals surface area (Å²) in [5.74, 6) is 0.710. The summed E-state index contributed by atoms with van der Waals surface area (Å²) in [6.07, 6.45) is 5.16. The topological polar surface area (TPSA) is 29.9 Å². The minimum Gasteiger partial charge on any atom is -0.314 e. The van der Waals surface area contributed by atoms with E-state index in [9.17, 15) is 0 Å². The predicted molar refractivity (Wildman–Crippen MR) is 64.0 cm³/mol. The van der Waals surface area contributed by atoms with Crippen LogP contribution in [0, 0.1) is 12.8 Å². The van der Waals surface area contributed by atoms with E-state index >= 15 is 0 Å². The number of nitrogens with one attached hydrogen (secondary N) is 1. The van der Waals surface area contributed by atoms with Crippen LogP contribution in [0.1, 0.15) is 38.8 Å². The molecule has 0 saturated carbocycles. The molecule has 0 aliphatic heterocycles. The van der Waals surface area contributed by atoms with E-state index < -0.39 is 0 Å². The molecule has 1 atom stereocenters. The molecule has 0 saturated heterocycles. The summed E-state index contributed by atoms with van der Waals surface area (Å²) in [7, 11) is 0. The summed E-state index contributed by atoms with van der Waals surface area (Å²) in [4.78, 5) is 0. The predicted octanol–water partition coefficient (Wildman–Crippen LogP) is 2.39. The Kier molecular flexibility index (Phi) is 4.82. The van der Waals surface area contributed by atoms with Gasteiger partial charge in [0.1, 0.15) is 0 Å². The van der Waals surface area contributed by atoms with E-state index in [1.54, 1.807) is 0 Å². The Labute approximate surface area is 92.9 Å². The van der Waals surface area contributed by atoms with Crippen molar-refractivity contribution >= 4 is 0 Å². The van der Waals surface area contributed by atoms with Crippen LogP contribution in [-0.2, 0) is 0 Å². The molecule has 0 spiro atoms. The molecule has 1 rings (SSSR count). The van der Waals surface area contributed by atoms with Crippen molar-refractivity contribution in [2.45, 2.75) is 40.2 Å². The Bertz CT molecular complexity index is 278. The van der Waals surface area contributed by atoms with Crippen molar-refractivity contribution in [3.63, 3.8) is 0 Å². The van der Waals surface area contributed by atoms with Crippen LogP contribution in [0.2, 0.25) is 0 Å². The number of rotatable bonds is 6. The highest BCUT2D eigenvalue weighted by atomic mass is 15.3. The number of aromatic nitrogens is 2. The standard InChI is InChI=1S/C12H23N3/c1-5-12(8-13-6-10(2)3)15-9-11(4)7-14-15/h7,9-10,12-13H,5-6,8H2,1-4H3. The molecule has 0 bridgehead atoms. The van der Waals surface area contributed by atoms with Crippen molar-refractivity contribution in [1.82, 2.24) is 15.1 Å². The molecule has 0 amide bonds. The lowest BCUT2D eigenvalue weighted by Gasteiger charge is -2.17. The molecule has 1 N–H and O–H groups in total. The first kappa shape index (κ1) is 12.2. The first-order valence-corrected chi connectivity index (χ1v) is 5.85. The van der Waals surface area contributed by atoms with Gasteiger partial charge in [0.05, 0.1) is 12.2 Å². The lowest BCUT2D eigenvalue weighted by atomic mass is 10.2. The Hall–Kier alpha value is -0.830. The van der Waals surface area contributed by atoms with Gasteiger partial charge in [0.2, 0.25) is 0 Å². The number of hydrogen-bond donors (Lipinski definition) is 1. The van der Waals surface area contributed by atoms with Crippen molar-refractivity contribution in [3.8, 4) is 0 Å². The van der Waals surface area contributed by atoms with Gasteiger partial charge in [-0.15, -0.1) is 0 Å². The minimum absolute atomic E-state index is 0.484. The summed E-state index contributed by atoms with van der Waals surface area (Å²) in [6, 6.07) is 0.484. The van der Waals surface area contributed by atoms with E-state index in [4.69, 9.17) is 0 Å². The van der Waals surface area contributed by atoms with Gasteiger partial charge in [0.15, 0.2) is 0 Å². The van der Waals surface area contributed by atoms with E-state index in [1.807, 2.05) is 6.20 Å². The fourth-order valence-electron chi connectivity index (χ4n) is 1.60. The van der Waals surface area contributed by atoms with Crippen molar-refractivity contribution in [1.29, 1.82) is 0 Å². The quantitative estimate of drug-likeness (QED) is 0.779. The summed E-state index contributed by atoms with van der Waals surface area (Å²) >= 11 is 0. The Morgan fingerprint density at radius 1 is 1.40 bits per heavy atom. The highest BCUT2D eigenvalue weighted by Crippen LogP contribution is 2.09. The van der Waals surface area contributed by atoms with Crippen LogP contribution in [-0.4, -0.2) is 22.9 Å². The molecular formula is C12H23N3. The molecule has 15 heavy (non-hydrogen) atoms. The fraction of sp³-hybridized carbons (Fsp3) is 0.750. The van der Waals surface area contributed by atoms with Crippen LogP contribution in [0.4, 0.5) is 0 Å². The highest BCUT2D eigenvalue weighted by molar-refractivity contribution is 5.00. The lowest BCUT2D eigenvalue weighted by Crippen LogP contribution is -2.28. The smallest absolute Gasteiger partial charge is 0.0641 e. The average molecular weight is 209 g/mol. The maximum Gasteiger partial charge on any atom is 0.0641 e. The van der Waals surface area contributed by atoms with Crippen molar-refractivity contribution in [2.75, 3.05) is 13.1 Å². The van der Waals surface area contributed by atoms with Gasteiger partial charge in [-0.1, -0.05) is 20.8 Å². The van der Waals surface area contributed by atoms with Crippen LogP contribution >= 0.6 is 0 Å². The average Bonchev–Trinajstić information content (AvgIpc) is 2.59. The Balaban J connectivity index is 2.42. The Morgan fingerprint density at radius 3 is 2.60 bits per heavy atom. The second kappa shape index (κ2) is 5.91. The van der Waals surface area contributed by atoms with Crippen LogP contribution in [0.25, 0.3) is 0 Å². The van der Waals surface area contributed by atoms with Gasteiger partial charge in [0.25, 0.3) is 0 Å². The van der Waals surface area contributed by atoms with Crippen molar-refractivity contribution < 1.29 is 0 Å². The van der Waals surface area contributed by atoms with Gasteiger partial charge in [0, 0.05) is 12.7 Å². The van der Waals surface area contributed by atoms with E-state index in [1.165, 1.54) is 5.56 Å². The maximum absolute atomic E-state index is 4.36. The van der Waals surface area contributed by atoms with Crippen LogP contribution in [0.5, 0.6) is 0 Å². The van der Waals surface area contributed by atoms with Gasteiger partial charge in [-0.2, -0.15) is 5.10 Å². The van der Waals surface area contributed by atoms with Gasteiger partial charge in [-0.25, -0.2) is 0 Å². The molecule has 1 aromatic rings. The van der Waals surface area contributed by atoms with Crippen LogP contribution < -0.4 is 5.32 Å². The normalized spacial score (nSPS) is 13.4. The summed E-state index contributed by atoms with van der Waals surface area (Å²) in [5, 5.41) is 7.84. The first-order valence-electron chi connectivity index (χ1n) is 5.85. The highest BCUT2D eigenvalue weighted by Gasteiger charge is 2.08. The SMILES string of the molecule is CCC(CNCC(C)C)n1cc(C)cn1. The molecule has 86 valence electrons. The molecule has 0 radical (unpaired) electrons. The molecule has 0 aliphatic carbocycles. The number of nitrogens with zero attached hydrogens (tertiary/aromatic N) is 2. The molecule has 0 fully saturated rings. The number of aryl methyl sites for hydroxylation is 1. The first-order chi connectivity index (χ1) is 7.13. The monoisotopic (exact) mass is 209 g/mol. The molecular weight excluding hydrogens is 186 g/mol. The maximum atomic E-state index is 4.36. The molecule has 1 heterocycles. The third kappa shape index (κ3) is 4.04. The molecule has 1 unspecified atom stereocenters. The van der Waals surface area contributed by atoms with E-state index in [0.29, 0.717) is 12.0 Å². The second-order valence-electron chi connectivity index (χ2n) is 4.61. The van der Waals surface area contributed by atoms with Gasteiger partial charge in [-0.05, 0) is 31.4 Å². The molecule has 3 heteroatoms. The third-order valence-corrected chi connectivity index (χ3v) is 2.51. The van der Waals surface area contributed by atoms with Crippen molar-refractivity contribution in [3.05, 3.63) is 18.0 Å². The zero-order valence-electron chi connectivity index (χ0n) is 10.3. The molecule has 1 aromatic heterocycles. The van der Waals surface area contributed by atoms with Crippen molar-refractivity contribution in [2.24, 2.45) is 5.92 Å². The second-order valence-corrected chi connectivity index (χ2v) is 4.61. The van der Waals surface area contributed by atoms with Gasteiger partial charge >= 0.3 is 0 Å². The summed E-state index contributed by atoms with van der Waals surface area (Å²) in [6.45, 7) is 10.8. The van der Waals surface area contributed by atoms with Crippen LogP contribution in [0.15, 0.2) is 12.4 Å². The van der Waals surface area contributed by atoms with Gasteiger partial charge < -0.3 is 5.32 Å². The Morgan fingerprint density at radius 2 is 2.13 bits per heavy atom. The third-order valence-electron chi connectivity index (χ3n) is 2.51. The summed E-state index contributed by atoms with van der Waals surface area (Å²) < 4.78 is 2.07. The van der Waals surface area contributed by atoms with E-state index in [-0.39, 0.29) is 0 Å². The van der Waals surface area contributed by atoms with Gasteiger partial charge in [-0.3, -0.25) is 4.68 Å². The molecule has 0 aliphatic rings. The minimum atomic E-state index is 0.484. The van der Waals surface area contributed by atoms with E-state index in [2.05, 4.69) is 49.0 Å². The molecule has 3 nitrogen and oxygen atoms in total. The zero-order chi connectivity index (χ0) is 11.3. The van der Waals surface area contributed by atoms with Crippen LogP contribution in [0.3, 0.4) is 0 Å². The fourth-order valence-corrected chi connectivity index (χ4v) is 1.60.